The first-order chi connectivity index (χ1) is 11.0. The maximum Gasteiger partial charge on any atom is 0.326 e. The molecule has 2 N–H and O–H groups in total. The molecule has 0 aliphatic carbocycles. The minimum atomic E-state index is -1.13. The van der Waals surface area contributed by atoms with Gasteiger partial charge in [-0.1, -0.05) is 49.4 Å². The molecule has 118 valence electrons. The zero-order valence-electron chi connectivity index (χ0n) is 12.8. The number of hydrogen-bond acceptors (Lipinski definition) is 3. The summed E-state index contributed by atoms with van der Waals surface area (Å²) in [6.45, 7) is 1.64. The average Bonchev–Trinajstić information content (AvgIpc) is 2.52. The molecular formula is C18H18N2O3. The quantitative estimate of drug-likeness (QED) is 0.857. The fraction of sp³-hybridized carbons (Fsp3) is 0.278. The zero-order valence-corrected chi connectivity index (χ0v) is 12.8. The fourth-order valence-electron chi connectivity index (χ4n) is 2.47. The molecule has 0 aliphatic rings. The Labute approximate surface area is 134 Å². The van der Waals surface area contributed by atoms with Crippen LogP contribution in [0.1, 0.15) is 18.9 Å². The highest BCUT2D eigenvalue weighted by Gasteiger charge is 2.26. The van der Waals surface area contributed by atoms with Crippen LogP contribution in [0, 0.1) is 17.2 Å². The first-order valence-electron chi connectivity index (χ1n) is 7.38. The molecule has 0 unspecified atom stereocenters. The molecule has 0 saturated carbocycles. The van der Waals surface area contributed by atoms with Crippen molar-refractivity contribution in [2.24, 2.45) is 5.92 Å². The van der Waals surface area contributed by atoms with Gasteiger partial charge < -0.3 is 10.4 Å². The van der Waals surface area contributed by atoms with Gasteiger partial charge in [-0.3, -0.25) is 4.79 Å². The summed E-state index contributed by atoms with van der Waals surface area (Å²) in [6.07, 6.45) is 0.182. The first-order valence-corrected chi connectivity index (χ1v) is 7.38. The Balaban J connectivity index is 2.07. The van der Waals surface area contributed by atoms with Crippen molar-refractivity contribution < 1.29 is 14.7 Å². The lowest BCUT2D eigenvalue weighted by atomic mass is 9.98. The lowest BCUT2D eigenvalue weighted by Crippen LogP contribution is -2.45. The van der Waals surface area contributed by atoms with Gasteiger partial charge >= 0.3 is 5.97 Å². The van der Waals surface area contributed by atoms with Gasteiger partial charge in [0.2, 0.25) is 5.91 Å². The molecule has 2 aromatic carbocycles. The molecule has 5 heteroatoms. The third-order valence-corrected chi connectivity index (χ3v) is 3.74. The molecule has 0 aromatic heterocycles. The van der Waals surface area contributed by atoms with Gasteiger partial charge in [0.25, 0.3) is 0 Å². The van der Waals surface area contributed by atoms with Gasteiger partial charge in [0.15, 0.2) is 0 Å². The molecule has 2 atom stereocenters. The third kappa shape index (κ3) is 4.30. The lowest BCUT2D eigenvalue weighted by molar-refractivity contribution is -0.143. The van der Waals surface area contributed by atoms with Crippen molar-refractivity contribution in [2.75, 3.05) is 0 Å². The number of nitrogens with zero attached hydrogens (tertiary/aromatic N) is 1. The Morgan fingerprint density at radius 1 is 1.22 bits per heavy atom. The number of aliphatic carboxylic acids is 1. The highest BCUT2D eigenvalue weighted by Crippen LogP contribution is 2.16. The van der Waals surface area contributed by atoms with Crippen LogP contribution in [-0.4, -0.2) is 23.0 Å². The standard InChI is InChI=1S/C18H18N2O3/c1-12(8-9-19)17(18(22)23)20-16(21)11-13-6-7-14-4-2-3-5-15(14)10-13/h2-7,10,12,17H,8,11H2,1H3,(H,20,21)(H,22,23)/t12-,17-/m0/s1. The van der Waals surface area contributed by atoms with Crippen LogP contribution in [0.15, 0.2) is 42.5 Å². The molecule has 0 saturated heterocycles. The maximum atomic E-state index is 12.1. The Bertz CT molecular complexity index is 764. The average molecular weight is 310 g/mol. The van der Waals surface area contributed by atoms with E-state index < -0.39 is 17.9 Å². The van der Waals surface area contributed by atoms with E-state index in [0.29, 0.717) is 0 Å². The Kier molecular flexibility index (Phi) is 5.32. The summed E-state index contributed by atoms with van der Waals surface area (Å²) in [6, 6.07) is 14.4. The Hall–Kier alpha value is -2.87. The number of carbonyl (C=O) groups is 2. The van der Waals surface area contributed by atoms with Crippen molar-refractivity contribution in [3.05, 3.63) is 48.0 Å². The SMILES string of the molecule is C[C@@H](CC#N)[C@H](NC(=O)Cc1ccc2ccccc2c1)C(=O)O. The highest BCUT2D eigenvalue weighted by atomic mass is 16.4. The van der Waals surface area contributed by atoms with Gasteiger partial charge in [-0.15, -0.1) is 0 Å². The number of carboxylic acids is 1. The summed E-state index contributed by atoms with van der Waals surface area (Å²) < 4.78 is 0. The number of hydrogen-bond donors (Lipinski definition) is 2. The van der Waals surface area contributed by atoms with Crippen LogP contribution in [0.3, 0.4) is 0 Å². The van der Waals surface area contributed by atoms with Crippen LogP contribution in [0.25, 0.3) is 10.8 Å². The summed E-state index contributed by atoms with van der Waals surface area (Å²) in [7, 11) is 0. The molecule has 2 rings (SSSR count). The smallest absolute Gasteiger partial charge is 0.326 e. The van der Waals surface area contributed by atoms with Gasteiger partial charge in [0.1, 0.15) is 6.04 Å². The Morgan fingerprint density at radius 3 is 2.57 bits per heavy atom. The summed E-state index contributed by atoms with van der Waals surface area (Å²) in [5.41, 5.74) is 0.818. The number of nitrogens with one attached hydrogen (secondary N) is 1. The van der Waals surface area contributed by atoms with Crippen LogP contribution in [-0.2, 0) is 16.0 Å². The zero-order chi connectivity index (χ0) is 16.8. The molecular weight excluding hydrogens is 292 g/mol. The van der Waals surface area contributed by atoms with E-state index in [1.54, 1.807) is 6.92 Å². The number of benzene rings is 2. The van der Waals surface area contributed by atoms with Crippen molar-refractivity contribution >= 4 is 22.6 Å². The van der Waals surface area contributed by atoms with E-state index in [0.717, 1.165) is 16.3 Å². The second-order valence-electron chi connectivity index (χ2n) is 5.58. The molecule has 1 amide bonds. The van der Waals surface area contributed by atoms with Crippen LogP contribution in [0.4, 0.5) is 0 Å². The summed E-state index contributed by atoms with van der Waals surface area (Å²) in [4.78, 5) is 23.4. The van der Waals surface area contributed by atoms with Gasteiger partial charge in [-0.05, 0) is 16.3 Å². The van der Waals surface area contributed by atoms with E-state index in [4.69, 9.17) is 5.26 Å². The number of rotatable bonds is 6. The van der Waals surface area contributed by atoms with Gasteiger partial charge in [0.05, 0.1) is 12.5 Å². The predicted octanol–water partition coefficient (Wildman–Crippen LogP) is 2.50. The molecule has 0 radical (unpaired) electrons. The van der Waals surface area contributed by atoms with E-state index in [2.05, 4.69) is 5.32 Å². The number of carboxylic acid groups (broad SMARTS) is 1. The molecule has 23 heavy (non-hydrogen) atoms. The van der Waals surface area contributed by atoms with Crippen LogP contribution < -0.4 is 5.32 Å². The van der Waals surface area contributed by atoms with E-state index >= 15 is 0 Å². The van der Waals surface area contributed by atoms with Crippen molar-refractivity contribution in [1.29, 1.82) is 5.26 Å². The fourth-order valence-corrected chi connectivity index (χ4v) is 2.47. The van der Waals surface area contributed by atoms with Crippen molar-refractivity contribution in [3.8, 4) is 6.07 Å². The van der Waals surface area contributed by atoms with E-state index in [9.17, 15) is 14.7 Å². The molecule has 0 heterocycles. The van der Waals surface area contributed by atoms with Crippen LogP contribution >= 0.6 is 0 Å². The molecule has 0 aliphatic heterocycles. The van der Waals surface area contributed by atoms with Gasteiger partial charge in [-0.2, -0.15) is 5.26 Å². The van der Waals surface area contributed by atoms with Crippen LogP contribution in [0.5, 0.6) is 0 Å². The molecule has 0 bridgehead atoms. The van der Waals surface area contributed by atoms with Crippen molar-refractivity contribution in [3.63, 3.8) is 0 Å². The predicted molar refractivity (Wildman–Crippen MR) is 86.6 cm³/mol. The minimum Gasteiger partial charge on any atom is -0.480 e. The number of carbonyl (C=O) groups excluding carboxylic acids is 1. The highest BCUT2D eigenvalue weighted by molar-refractivity contribution is 5.87. The number of nitriles is 1. The largest absolute Gasteiger partial charge is 0.480 e. The van der Waals surface area contributed by atoms with E-state index in [1.165, 1.54) is 0 Å². The molecule has 0 spiro atoms. The van der Waals surface area contributed by atoms with E-state index in [1.807, 2.05) is 48.5 Å². The molecule has 0 fully saturated rings. The first kappa shape index (κ1) is 16.5. The van der Waals surface area contributed by atoms with Gasteiger partial charge in [0, 0.05) is 12.3 Å². The lowest BCUT2D eigenvalue weighted by Gasteiger charge is -2.19. The molecule has 5 nitrogen and oxygen atoms in total. The number of fused-ring (bicyclic) bond motifs is 1. The molecule has 2 aromatic rings. The second kappa shape index (κ2) is 7.41. The van der Waals surface area contributed by atoms with Gasteiger partial charge in [-0.25, -0.2) is 4.79 Å². The van der Waals surface area contributed by atoms with Crippen molar-refractivity contribution in [2.45, 2.75) is 25.8 Å². The Morgan fingerprint density at radius 2 is 1.91 bits per heavy atom. The summed E-state index contributed by atoms with van der Waals surface area (Å²) >= 11 is 0. The minimum absolute atomic E-state index is 0.0766. The van der Waals surface area contributed by atoms with E-state index in [-0.39, 0.29) is 18.7 Å². The summed E-state index contributed by atoms with van der Waals surface area (Å²) in [5, 5.41) is 22.5. The third-order valence-electron chi connectivity index (χ3n) is 3.74. The summed E-state index contributed by atoms with van der Waals surface area (Å²) in [5.74, 6) is -1.94. The van der Waals surface area contributed by atoms with Crippen LogP contribution in [0.2, 0.25) is 0 Å². The normalized spacial score (nSPS) is 13.0. The monoisotopic (exact) mass is 310 g/mol. The second-order valence-corrected chi connectivity index (χ2v) is 5.58. The number of amides is 1. The van der Waals surface area contributed by atoms with Crippen molar-refractivity contribution in [1.82, 2.24) is 5.32 Å². The maximum absolute atomic E-state index is 12.1. The topological polar surface area (TPSA) is 90.2 Å².